The quantitative estimate of drug-likeness (QED) is 0.668. The van der Waals surface area contributed by atoms with Crippen molar-refractivity contribution in [3.63, 3.8) is 0 Å². The molecule has 2 aromatic rings. The van der Waals surface area contributed by atoms with Crippen LogP contribution >= 0.6 is 27.3 Å². The third-order valence-electron chi connectivity index (χ3n) is 2.55. The molecule has 0 saturated carbocycles. The zero-order valence-corrected chi connectivity index (χ0v) is 12.0. The highest BCUT2D eigenvalue weighted by atomic mass is 79.9. The number of ether oxygens (including phenoxy) is 1. The van der Waals surface area contributed by atoms with E-state index in [0.717, 1.165) is 14.2 Å². The fourth-order valence-corrected chi connectivity index (χ4v) is 3.20. The van der Waals surface area contributed by atoms with Gasteiger partial charge >= 0.3 is 0 Å². The maximum atomic E-state index is 13.7. The number of hydrazine groups is 1. The summed E-state index contributed by atoms with van der Waals surface area (Å²) in [5.74, 6) is 5.38. The first kappa shape index (κ1) is 13.5. The van der Waals surface area contributed by atoms with Gasteiger partial charge in [0.2, 0.25) is 0 Å². The molecule has 0 spiro atoms. The molecule has 1 atom stereocenters. The Hall–Kier alpha value is -0.950. The van der Waals surface area contributed by atoms with Gasteiger partial charge in [0, 0.05) is 4.88 Å². The minimum atomic E-state index is -0.397. The summed E-state index contributed by atoms with van der Waals surface area (Å²) < 4.78 is 19.6. The SMILES string of the molecule is COc1ccc(C(NN)c2ccc(Br)s2)cc1F. The van der Waals surface area contributed by atoms with Crippen LogP contribution in [-0.4, -0.2) is 7.11 Å². The Kier molecular flexibility index (Phi) is 4.34. The molecule has 1 heterocycles. The first-order valence-corrected chi connectivity index (χ1v) is 6.81. The number of hydrogen-bond donors (Lipinski definition) is 2. The minimum Gasteiger partial charge on any atom is -0.494 e. The van der Waals surface area contributed by atoms with Crippen LogP contribution in [0.5, 0.6) is 5.75 Å². The first-order valence-electron chi connectivity index (χ1n) is 5.20. The fourth-order valence-electron chi connectivity index (χ4n) is 1.69. The molecule has 0 saturated heterocycles. The summed E-state index contributed by atoms with van der Waals surface area (Å²) in [7, 11) is 1.44. The molecule has 3 N–H and O–H groups in total. The van der Waals surface area contributed by atoms with E-state index in [0.29, 0.717) is 0 Å². The van der Waals surface area contributed by atoms with Gasteiger partial charge in [0.25, 0.3) is 0 Å². The molecule has 96 valence electrons. The molecule has 0 bridgehead atoms. The standard InChI is InChI=1S/C12H12BrFN2OS/c1-17-9-3-2-7(6-8(9)14)12(16-15)10-4-5-11(13)18-10/h2-6,12,16H,15H2,1H3. The van der Waals surface area contributed by atoms with Crippen LogP contribution in [0.1, 0.15) is 16.5 Å². The third kappa shape index (κ3) is 2.72. The number of halogens is 2. The Morgan fingerprint density at radius 1 is 1.39 bits per heavy atom. The van der Waals surface area contributed by atoms with E-state index in [-0.39, 0.29) is 11.8 Å². The van der Waals surface area contributed by atoms with Gasteiger partial charge in [0.05, 0.1) is 16.9 Å². The Morgan fingerprint density at radius 3 is 2.67 bits per heavy atom. The lowest BCUT2D eigenvalue weighted by molar-refractivity contribution is 0.386. The normalized spacial score (nSPS) is 12.4. The summed E-state index contributed by atoms with van der Waals surface area (Å²) >= 11 is 4.95. The number of methoxy groups -OCH3 is 1. The number of nitrogens with two attached hydrogens (primary N) is 1. The summed E-state index contributed by atoms with van der Waals surface area (Å²) in [4.78, 5) is 1.01. The Labute approximate surface area is 117 Å². The number of hydrogen-bond acceptors (Lipinski definition) is 4. The van der Waals surface area contributed by atoms with Crippen molar-refractivity contribution < 1.29 is 9.13 Å². The fraction of sp³-hybridized carbons (Fsp3) is 0.167. The Morgan fingerprint density at radius 2 is 2.17 bits per heavy atom. The van der Waals surface area contributed by atoms with E-state index in [4.69, 9.17) is 10.6 Å². The molecule has 3 nitrogen and oxygen atoms in total. The predicted octanol–water partition coefficient (Wildman–Crippen LogP) is 3.21. The monoisotopic (exact) mass is 330 g/mol. The predicted molar refractivity (Wildman–Crippen MR) is 74.1 cm³/mol. The molecule has 18 heavy (non-hydrogen) atoms. The summed E-state index contributed by atoms with van der Waals surface area (Å²) in [6, 6.07) is 8.46. The van der Waals surface area contributed by atoms with Gasteiger partial charge in [-0.2, -0.15) is 0 Å². The topological polar surface area (TPSA) is 47.3 Å². The van der Waals surface area contributed by atoms with E-state index in [9.17, 15) is 4.39 Å². The minimum absolute atomic E-state index is 0.224. The van der Waals surface area contributed by atoms with Gasteiger partial charge in [-0.25, -0.2) is 9.82 Å². The van der Waals surface area contributed by atoms with Gasteiger partial charge in [-0.1, -0.05) is 6.07 Å². The van der Waals surface area contributed by atoms with Gasteiger partial charge in [0.15, 0.2) is 11.6 Å². The first-order chi connectivity index (χ1) is 8.65. The van der Waals surface area contributed by atoms with Gasteiger partial charge in [-0.05, 0) is 45.8 Å². The van der Waals surface area contributed by atoms with Crippen molar-refractivity contribution in [2.24, 2.45) is 5.84 Å². The van der Waals surface area contributed by atoms with Crippen molar-refractivity contribution in [2.75, 3.05) is 7.11 Å². The summed E-state index contributed by atoms with van der Waals surface area (Å²) in [5, 5.41) is 0. The van der Waals surface area contributed by atoms with E-state index in [1.807, 2.05) is 12.1 Å². The lowest BCUT2D eigenvalue weighted by Crippen LogP contribution is -2.28. The van der Waals surface area contributed by atoms with Gasteiger partial charge < -0.3 is 4.74 Å². The molecule has 1 unspecified atom stereocenters. The third-order valence-corrected chi connectivity index (χ3v) is 4.24. The molecule has 0 aliphatic carbocycles. The molecule has 0 amide bonds. The zero-order valence-electron chi connectivity index (χ0n) is 9.61. The van der Waals surface area contributed by atoms with Crippen LogP contribution in [0.4, 0.5) is 4.39 Å². The second kappa shape index (κ2) is 5.79. The van der Waals surface area contributed by atoms with Crippen LogP contribution < -0.4 is 16.0 Å². The number of thiophene rings is 1. The van der Waals surface area contributed by atoms with Crippen molar-refractivity contribution in [3.05, 3.63) is 50.4 Å². The maximum Gasteiger partial charge on any atom is 0.165 e. The molecule has 1 aromatic carbocycles. The second-order valence-electron chi connectivity index (χ2n) is 3.64. The molecule has 0 fully saturated rings. The van der Waals surface area contributed by atoms with Crippen LogP contribution in [0.2, 0.25) is 0 Å². The van der Waals surface area contributed by atoms with Gasteiger partial charge in [-0.15, -0.1) is 11.3 Å². The lowest BCUT2D eigenvalue weighted by Gasteiger charge is -2.15. The molecule has 0 radical (unpaired) electrons. The van der Waals surface area contributed by atoms with E-state index in [2.05, 4.69) is 21.4 Å². The molecule has 0 aliphatic rings. The van der Waals surface area contributed by atoms with Crippen LogP contribution in [0.3, 0.4) is 0 Å². The lowest BCUT2D eigenvalue weighted by atomic mass is 10.1. The van der Waals surface area contributed by atoms with Crippen molar-refractivity contribution in [1.29, 1.82) is 0 Å². The smallest absolute Gasteiger partial charge is 0.165 e. The van der Waals surface area contributed by atoms with Crippen LogP contribution in [-0.2, 0) is 0 Å². The maximum absolute atomic E-state index is 13.7. The van der Waals surface area contributed by atoms with Crippen molar-refractivity contribution >= 4 is 27.3 Å². The highest BCUT2D eigenvalue weighted by Gasteiger charge is 2.16. The molecule has 2 rings (SSSR count). The van der Waals surface area contributed by atoms with E-state index in [1.54, 1.807) is 23.5 Å². The van der Waals surface area contributed by atoms with E-state index >= 15 is 0 Å². The van der Waals surface area contributed by atoms with Gasteiger partial charge in [0.1, 0.15) is 0 Å². The van der Waals surface area contributed by atoms with E-state index < -0.39 is 5.82 Å². The van der Waals surface area contributed by atoms with Crippen molar-refractivity contribution in [3.8, 4) is 5.75 Å². The molecular formula is C12H12BrFN2OS. The zero-order chi connectivity index (χ0) is 13.1. The Bertz CT molecular complexity index is 547. The highest BCUT2D eigenvalue weighted by molar-refractivity contribution is 9.11. The van der Waals surface area contributed by atoms with Crippen molar-refractivity contribution in [1.82, 2.24) is 5.43 Å². The summed E-state index contributed by atoms with van der Waals surface area (Å²) in [6.45, 7) is 0. The summed E-state index contributed by atoms with van der Waals surface area (Å²) in [6.07, 6.45) is 0. The molecule has 1 aromatic heterocycles. The summed E-state index contributed by atoms with van der Waals surface area (Å²) in [5.41, 5.74) is 3.45. The average Bonchev–Trinajstić information content (AvgIpc) is 2.77. The number of benzene rings is 1. The highest BCUT2D eigenvalue weighted by Crippen LogP contribution is 2.32. The van der Waals surface area contributed by atoms with Crippen LogP contribution in [0, 0.1) is 5.82 Å². The number of rotatable bonds is 4. The Balaban J connectivity index is 2.36. The second-order valence-corrected chi connectivity index (χ2v) is 6.13. The number of nitrogens with one attached hydrogen (secondary N) is 1. The van der Waals surface area contributed by atoms with Crippen molar-refractivity contribution in [2.45, 2.75) is 6.04 Å². The van der Waals surface area contributed by atoms with Gasteiger partial charge in [-0.3, -0.25) is 5.84 Å². The van der Waals surface area contributed by atoms with Crippen LogP contribution in [0.15, 0.2) is 34.1 Å². The molecule has 0 aliphatic heterocycles. The molecule has 6 heteroatoms. The van der Waals surface area contributed by atoms with Crippen LogP contribution in [0.25, 0.3) is 0 Å². The largest absolute Gasteiger partial charge is 0.494 e. The van der Waals surface area contributed by atoms with E-state index in [1.165, 1.54) is 13.2 Å². The molecular weight excluding hydrogens is 319 g/mol. The average molecular weight is 331 g/mol.